The molecule has 1 aromatic heterocycles. The summed E-state index contributed by atoms with van der Waals surface area (Å²) in [6.07, 6.45) is 0. The van der Waals surface area contributed by atoms with E-state index in [4.69, 9.17) is 10.6 Å². The normalized spacial score (nSPS) is 10.3. The van der Waals surface area contributed by atoms with Gasteiger partial charge in [0.2, 0.25) is 0 Å². The number of rotatable bonds is 4. The van der Waals surface area contributed by atoms with E-state index in [1.807, 2.05) is 31.2 Å². The van der Waals surface area contributed by atoms with E-state index >= 15 is 0 Å². The van der Waals surface area contributed by atoms with Gasteiger partial charge in [-0.2, -0.15) is 5.10 Å². The summed E-state index contributed by atoms with van der Waals surface area (Å²) in [5.41, 5.74) is 4.87. The summed E-state index contributed by atoms with van der Waals surface area (Å²) >= 11 is 0. The van der Waals surface area contributed by atoms with Crippen LogP contribution in [0.4, 0.5) is 0 Å². The highest BCUT2D eigenvalue weighted by Gasteiger charge is 2.17. The van der Waals surface area contributed by atoms with Crippen molar-refractivity contribution in [1.29, 1.82) is 0 Å². The largest absolute Gasteiger partial charge is 0.487 e. The molecule has 0 aliphatic carbocycles. The molecule has 0 spiro atoms. The van der Waals surface area contributed by atoms with Crippen molar-refractivity contribution in [2.24, 2.45) is 5.84 Å². The second-order valence-corrected chi connectivity index (χ2v) is 4.25. The van der Waals surface area contributed by atoms with Crippen LogP contribution in [0.5, 0.6) is 5.75 Å². The molecule has 0 atom stereocenters. The van der Waals surface area contributed by atoms with Crippen molar-refractivity contribution < 1.29 is 9.53 Å². The van der Waals surface area contributed by atoms with Gasteiger partial charge in [0.1, 0.15) is 18.1 Å². The van der Waals surface area contributed by atoms with Gasteiger partial charge in [0.05, 0.1) is 5.56 Å². The number of aryl methyl sites for hydroxylation is 2. The number of nitrogens with zero attached hydrogens (tertiary/aromatic N) is 1. The molecule has 0 saturated carbocycles. The first kappa shape index (κ1) is 13.1. The molecule has 0 bridgehead atoms. The summed E-state index contributed by atoms with van der Waals surface area (Å²) in [6.45, 7) is 3.97. The number of carbonyl (C=O) groups is 1. The van der Waals surface area contributed by atoms with Crippen LogP contribution < -0.4 is 16.0 Å². The molecule has 0 saturated heterocycles. The second kappa shape index (κ2) is 5.53. The van der Waals surface area contributed by atoms with Crippen molar-refractivity contribution in [3.05, 3.63) is 46.8 Å². The Balaban J connectivity index is 2.11. The number of nitrogen functional groups attached to an aromatic ring is 1. The predicted molar refractivity (Wildman–Crippen MR) is 70.5 cm³/mol. The molecule has 1 aromatic carbocycles. The van der Waals surface area contributed by atoms with Crippen LogP contribution in [-0.4, -0.2) is 16.1 Å². The number of benzene rings is 1. The summed E-state index contributed by atoms with van der Waals surface area (Å²) in [5.74, 6) is 5.49. The van der Waals surface area contributed by atoms with E-state index in [1.54, 1.807) is 6.92 Å². The van der Waals surface area contributed by atoms with Crippen molar-refractivity contribution in [3.8, 4) is 5.75 Å². The topological polar surface area (TPSA) is 93.0 Å². The minimum Gasteiger partial charge on any atom is -0.487 e. The Morgan fingerprint density at radius 1 is 1.37 bits per heavy atom. The van der Waals surface area contributed by atoms with Crippen LogP contribution in [0, 0.1) is 13.8 Å². The highest BCUT2D eigenvalue weighted by molar-refractivity contribution is 5.95. The van der Waals surface area contributed by atoms with Gasteiger partial charge < -0.3 is 4.74 Å². The number of hydrogen-bond donors (Lipinski definition) is 3. The van der Waals surface area contributed by atoms with Crippen LogP contribution in [0.1, 0.15) is 27.3 Å². The first-order valence-corrected chi connectivity index (χ1v) is 5.86. The number of carbonyl (C=O) groups excluding carboxylic acids is 1. The number of nitrogens with two attached hydrogens (primary N) is 1. The summed E-state index contributed by atoms with van der Waals surface area (Å²) in [6, 6.07) is 7.66. The first-order valence-electron chi connectivity index (χ1n) is 5.86. The van der Waals surface area contributed by atoms with Gasteiger partial charge in [-0.1, -0.05) is 17.7 Å². The Labute approximate surface area is 110 Å². The maximum absolute atomic E-state index is 11.6. The number of amides is 1. The average Bonchev–Trinajstić information content (AvgIpc) is 2.78. The SMILES string of the molecule is Cc1ccc(OCc2n[nH]c(C)c2C(=O)NN)cc1. The number of aromatic amines is 1. The molecule has 1 heterocycles. The van der Waals surface area contributed by atoms with E-state index in [1.165, 1.54) is 0 Å². The molecule has 6 heteroatoms. The summed E-state index contributed by atoms with van der Waals surface area (Å²) in [4.78, 5) is 11.6. The van der Waals surface area contributed by atoms with Gasteiger partial charge in [-0.3, -0.25) is 15.3 Å². The summed E-state index contributed by atoms with van der Waals surface area (Å²) < 4.78 is 5.59. The minimum absolute atomic E-state index is 0.205. The lowest BCUT2D eigenvalue weighted by molar-refractivity contribution is 0.0950. The molecule has 100 valence electrons. The number of H-pyrrole nitrogens is 1. The molecule has 4 N–H and O–H groups in total. The van der Waals surface area contributed by atoms with Gasteiger partial charge in [0.25, 0.3) is 5.91 Å². The maximum atomic E-state index is 11.6. The van der Waals surface area contributed by atoms with Crippen LogP contribution >= 0.6 is 0 Å². The number of ether oxygens (including phenoxy) is 1. The van der Waals surface area contributed by atoms with Gasteiger partial charge in [-0.25, -0.2) is 5.84 Å². The van der Waals surface area contributed by atoms with Crippen LogP contribution in [-0.2, 0) is 6.61 Å². The Morgan fingerprint density at radius 2 is 2.05 bits per heavy atom. The molecule has 6 nitrogen and oxygen atoms in total. The third-order valence-electron chi connectivity index (χ3n) is 2.78. The number of nitrogens with one attached hydrogen (secondary N) is 2. The molecule has 0 aliphatic rings. The maximum Gasteiger partial charge on any atom is 0.269 e. The third-order valence-corrected chi connectivity index (χ3v) is 2.78. The predicted octanol–water partition coefficient (Wildman–Crippen LogP) is 1.21. The number of aromatic nitrogens is 2. The molecule has 0 fully saturated rings. The fourth-order valence-electron chi connectivity index (χ4n) is 1.74. The molecule has 0 aliphatic heterocycles. The summed E-state index contributed by atoms with van der Waals surface area (Å²) in [7, 11) is 0. The Morgan fingerprint density at radius 3 is 2.68 bits per heavy atom. The van der Waals surface area contributed by atoms with Crippen molar-refractivity contribution >= 4 is 5.91 Å². The van der Waals surface area contributed by atoms with Crippen molar-refractivity contribution in [3.63, 3.8) is 0 Å². The minimum atomic E-state index is -0.381. The zero-order valence-electron chi connectivity index (χ0n) is 10.9. The average molecular weight is 260 g/mol. The van der Waals surface area contributed by atoms with Crippen molar-refractivity contribution in [2.75, 3.05) is 0 Å². The highest BCUT2D eigenvalue weighted by Crippen LogP contribution is 2.16. The van der Waals surface area contributed by atoms with Gasteiger partial charge in [0.15, 0.2) is 0 Å². The fourth-order valence-corrected chi connectivity index (χ4v) is 1.74. The van der Waals surface area contributed by atoms with E-state index in [0.717, 1.165) is 11.3 Å². The smallest absolute Gasteiger partial charge is 0.269 e. The molecule has 2 rings (SSSR count). The standard InChI is InChI=1S/C13H16N4O2/c1-8-3-5-10(6-4-8)19-7-11-12(13(18)15-14)9(2)16-17-11/h3-6H,7,14H2,1-2H3,(H,15,18)(H,16,17). The molecular weight excluding hydrogens is 244 g/mol. The monoisotopic (exact) mass is 260 g/mol. The lowest BCUT2D eigenvalue weighted by Crippen LogP contribution is -2.31. The second-order valence-electron chi connectivity index (χ2n) is 4.25. The first-order chi connectivity index (χ1) is 9.11. The quantitative estimate of drug-likeness (QED) is 0.437. The lowest BCUT2D eigenvalue weighted by Gasteiger charge is -2.06. The Hall–Kier alpha value is -2.34. The molecule has 19 heavy (non-hydrogen) atoms. The molecular formula is C13H16N4O2. The zero-order chi connectivity index (χ0) is 13.8. The zero-order valence-corrected chi connectivity index (χ0v) is 10.9. The Bertz CT molecular complexity index is 575. The van der Waals surface area contributed by atoms with Crippen molar-refractivity contribution in [1.82, 2.24) is 15.6 Å². The lowest BCUT2D eigenvalue weighted by atomic mass is 10.2. The number of hydrogen-bond acceptors (Lipinski definition) is 4. The van der Waals surface area contributed by atoms with E-state index in [0.29, 0.717) is 17.0 Å². The van der Waals surface area contributed by atoms with Crippen molar-refractivity contribution in [2.45, 2.75) is 20.5 Å². The Kier molecular flexibility index (Phi) is 3.82. The van der Waals surface area contributed by atoms with Gasteiger partial charge in [-0.15, -0.1) is 0 Å². The molecule has 2 aromatic rings. The van der Waals surface area contributed by atoms with Crippen LogP contribution in [0.3, 0.4) is 0 Å². The third kappa shape index (κ3) is 2.92. The van der Waals surface area contributed by atoms with Gasteiger partial charge in [0, 0.05) is 5.69 Å². The number of hydrazine groups is 1. The van der Waals surface area contributed by atoms with Gasteiger partial charge >= 0.3 is 0 Å². The van der Waals surface area contributed by atoms with Crippen LogP contribution in [0.15, 0.2) is 24.3 Å². The van der Waals surface area contributed by atoms with Crippen LogP contribution in [0.2, 0.25) is 0 Å². The highest BCUT2D eigenvalue weighted by atomic mass is 16.5. The van der Waals surface area contributed by atoms with Gasteiger partial charge in [-0.05, 0) is 26.0 Å². The molecule has 1 amide bonds. The summed E-state index contributed by atoms with van der Waals surface area (Å²) in [5, 5.41) is 6.80. The van der Waals surface area contributed by atoms with E-state index < -0.39 is 0 Å². The van der Waals surface area contributed by atoms with E-state index in [9.17, 15) is 4.79 Å². The molecule has 0 unspecified atom stereocenters. The van der Waals surface area contributed by atoms with E-state index in [-0.39, 0.29) is 12.5 Å². The fraction of sp³-hybridized carbons (Fsp3) is 0.231. The molecule has 0 radical (unpaired) electrons. The van der Waals surface area contributed by atoms with E-state index in [2.05, 4.69) is 15.6 Å². The van der Waals surface area contributed by atoms with Crippen LogP contribution in [0.25, 0.3) is 0 Å².